The lowest BCUT2D eigenvalue weighted by atomic mass is 10.2. The Hall–Kier alpha value is -4.44. The summed E-state index contributed by atoms with van der Waals surface area (Å²) < 4.78 is 8.36. The van der Waals surface area contributed by atoms with Gasteiger partial charge in [0.15, 0.2) is 11.2 Å². The van der Waals surface area contributed by atoms with Crippen LogP contribution in [0.2, 0.25) is 0 Å². The van der Waals surface area contributed by atoms with Gasteiger partial charge in [0.25, 0.3) is 5.56 Å². The van der Waals surface area contributed by atoms with Crippen LogP contribution in [-0.2, 0) is 13.6 Å². The quantitative estimate of drug-likeness (QED) is 0.253. The fourth-order valence-electron chi connectivity index (χ4n) is 3.43. The van der Waals surface area contributed by atoms with E-state index >= 15 is 0 Å². The monoisotopic (exact) mass is 474 g/mol. The van der Waals surface area contributed by atoms with Crippen LogP contribution in [0.1, 0.15) is 12.5 Å². The molecule has 10 heteroatoms. The van der Waals surface area contributed by atoms with Crippen molar-refractivity contribution in [3.63, 3.8) is 0 Å². The number of benzene rings is 2. The summed E-state index contributed by atoms with van der Waals surface area (Å²) in [4.78, 5) is 31.4. The summed E-state index contributed by atoms with van der Waals surface area (Å²) in [6.07, 6.45) is 2.79. The van der Waals surface area contributed by atoms with Crippen LogP contribution in [0.3, 0.4) is 0 Å². The molecule has 2 aromatic carbocycles. The second-order valence-corrected chi connectivity index (χ2v) is 7.92. The first-order valence-corrected chi connectivity index (χ1v) is 11.0. The molecule has 4 rings (SSSR count). The molecule has 180 valence electrons. The number of nitrogens with zero attached hydrogens (tertiary/aromatic N) is 4. The number of hydrazone groups is 1. The number of aromatic nitrogens is 4. The van der Waals surface area contributed by atoms with E-state index in [-0.39, 0.29) is 30.3 Å². The highest BCUT2D eigenvalue weighted by Crippen LogP contribution is 2.17. The molecule has 0 aliphatic rings. The number of hydrogen-bond acceptors (Lipinski definition) is 7. The number of anilines is 1. The molecule has 0 bridgehead atoms. The highest BCUT2D eigenvalue weighted by Gasteiger charge is 2.20. The molecule has 0 spiro atoms. The topological polar surface area (TPSA) is 127 Å². The van der Waals surface area contributed by atoms with E-state index in [4.69, 9.17) is 4.74 Å². The zero-order valence-electron chi connectivity index (χ0n) is 19.4. The average Bonchev–Trinajstić information content (AvgIpc) is 3.23. The maximum atomic E-state index is 12.6. The maximum absolute atomic E-state index is 12.6. The molecule has 0 unspecified atom stereocenters. The van der Waals surface area contributed by atoms with Gasteiger partial charge < -0.3 is 14.4 Å². The molecule has 0 fully saturated rings. The molecule has 0 radical (unpaired) electrons. The van der Waals surface area contributed by atoms with Crippen LogP contribution in [0.25, 0.3) is 17.2 Å². The Morgan fingerprint density at radius 2 is 1.86 bits per heavy atom. The number of ether oxygens (including phenoxy) is 1. The van der Waals surface area contributed by atoms with Crippen molar-refractivity contribution < 1.29 is 9.84 Å². The number of nitrogens with one attached hydrogen (secondary N) is 2. The maximum Gasteiger partial charge on any atom is 0.329 e. The van der Waals surface area contributed by atoms with E-state index in [1.807, 2.05) is 67.6 Å². The van der Waals surface area contributed by atoms with Crippen LogP contribution in [0.15, 0.2) is 81.4 Å². The largest absolute Gasteiger partial charge is 0.491 e. The van der Waals surface area contributed by atoms with Crippen molar-refractivity contribution in [3.8, 4) is 5.75 Å². The highest BCUT2D eigenvalue weighted by atomic mass is 16.5. The van der Waals surface area contributed by atoms with Crippen LogP contribution in [-0.4, -0.2) is 42.6 Å². The number of hydrogen-bond donors (Lipinski definition) is 3. The molecule has 3 N–H and O–H groups in total. The third-order valence-electron chi connectivity index (χ3n) is 5.23. The van der Waals surface area contributed by atoms with Gasteiger partial charge in [0, 0.05) is 7.05 Å². The number of fused-ring (bicyclic) bond motifs is 1. The lowest BCUT2D eigenvalue weighted by Crippen LogP contribution is -2.30. The minimum Gasteiger partial charge on any atom is -0.491 e. The molecule has 0 amide bonds. The van der Waals surface area contributed by atoms with Crippen molar-refractivity contribution in [2.75, 3.05) is 12.0 Å². The van der Waals surface area contributed by atoms with Gasteiger partial charge in [-0.05, 0) is 30.7 Å². The van der Waals surface area contributed by atoms with Crippen molar-refractivity contribution in [1.82, 2.24) is 19.1 Å². The standard InChI is InChI=1S/C25H26N6O4/c1-17(13-14-18-9-5-3-6-10-18)28-29-24-26-22-21(23(33)27-25(34)30(22)2)31(24)15-19(32)16-35-20-11-7-4-8-12-20/h3-14,19,32H,15-16H2,1-2H3,(H,26,29)(H,27,33,34)/b14-13-,28-17?/t19-/m0/s1. The van der Waals surface area contributed by atoms with E-state index in [0.29, 0.717) is 11.5 Å². The van der Waals surface area contributed by atoms with Crippen molar-refractivity contribution in [1.29, 1.82) is 0 Å². The lowest BCUT2D eigenvalue weighted by Gasteiger charge is -2.15. The molecule has 2 heterocycles. The highest BCUT2D eigenvalue weighted by molar-refractivity contribution is 5.96. The van der Waals surface area contributed by atoms with E-state index in [0.717, 1.165) is 5.56 Å². The summed E-state index contributed by atoms with van der Waals surface area (Å²) in [5.41, 5.74) is 3.66. The number of rotatable bonds is 9. The molecular formula is C25H26N6O4. The fraction of sp³-hybridized carbons (Fsp3) is 0.200. The molecule has 0 saturated carbocycles. The molecule has 10 nitrogen and oxygen atoms in total. The average molecular weight is 475 g/mol. The normalized spacial score (nSPS) is 12.8. The van der Waals surface area contributed by atoms with Gasteiger partial charge in [0.2, 0.25) is 5.95 Å². The van der Waals surface area contributed by atoms with Gasteiger partial charge in [-0.3, -0.25) is 14.3 Å². The number of aromatic amines is 1. The number of aliphatic hydroxyl groups is 1. The van der Waals surface area contributed by atoms with Crippen molar-refractivity contribution in [2.24, 2.45) is 12.1 Å². The fourth-order valence-corrected chi connectivity index (χ4v) is 3.43. The number of aliphatic hydroxyl groups excluding tert-OH is 1. The lowest BCUT2D eigenvalue weighted by molar-refractivity contribution is 0.0938. The summed E-state index contributed by atoms with van der Waals surface area (Å²) in [6.45, 7) is 1.79. The van der Waals surface area contributed by atoms with Crippen LogP contribution >= 0.6 is 0 Å². The van der Waals surface area contributed by atoms with Crippen LogP contribution < -0.4 is 21.4 Å². The number of para-hydroxylation sites is 1. The van der Waals surface area contributed by atoms with Crippen molar-refractivity contribution in [3.05, 3.63) is 93.1 Å². The Morgan fingerprint density at radius 1 is 1.17 bits per heavy atom. The Balaban J connectivity index is 1.60. The van der Waals surface area contributed by atoms with Crippen LogP contribution in [0.4, 0.5) is 5.95 Å². The molecule has 1 atom stereocenters. The number of aryl methyl sites for hydroxylation is 1. The number of imidazole rings is 1. The minimum absolute atomic E-state index is 0.00505. The predicted octanol–water partition coefficient (Wildman–Crippen LogP) is 2.36. The molecule has 0 saturated heterocycles. The van der Waals surface area contributed by atoms with Crippen LogP contribution in [0.5, 0.6) is 5.75 Å². The first-order valence-electron chi connectivity index (χ1n) is 11.0. The van der Waals surface area contributed by atoms with E-state index in [1.54, 1.807) is 12.1 Å². The smallest absolute Gasteiger partial charge is 0.329 e. The van der Waals surface area contributed by atoms with Gasteiger partial charge in [-0.15, -0.1) is 0 Å². The first-order chi connectivity index (χ1) is 16.9. The van der Waals surface area contributed by atoms with E-state index in [2.05, 4.69) is 20.5 Å². The molecule has 0 aliphatic carbocycles. The van der Waals surface area contributed by atoms with Gasteiger partial charge in [-0.25, -0.2) is 10.2 Å². The van der Waals surface area contributed by atoms with Crippen LogP contribution in [0, 0.1) is 0 Å². The molecule has 35 heavy (non-hydrogen) atoms. The van der Waals surface area contributed by atoms with E-state index < -0.39 is 17.4 Å². The first kappa shape index (κ1) is 23.7. The summed E-state index contributed by atoms with van der Waals surface area (Å²) >= 11 is 0. The Kier molecular flexibility index (Phi) is 7.22. The Bertz CT molecular complexity index is 1470. The van der Waals surface area contributed by atoms with Gasteiger partial charge in [0.05, 0.1) is 12.3 Å². The molecule has 0 aliphatic heterocycles. The summed E-state index contributed by atoms with van der Waals surface area (Å²) in [5, 5.41) is 15.0. The zero-order valence-corrected chi connectivity index (χ0v) is 19.4. The summed E-state index contributed by atoms with van der Waals surface area (Å²) in [6, 6.07) is 18.9. The van der Waals surface area contributed by atoms with Crippen molar-refractivity contribution in [2.45, 2.75) is 19.6 Å². The molecular weight excluding hydrogens is 448 g/mol. The van der Waals surface area contributed by atoms with Crippen molar-refractivity contribution >= 4 is 28.9 Å². The SMILES string of the molecule is CC(/C=C\c1ccccc1)=NNc1nc2c(c(=O)[nH]c(=O)n2C)n1C[C@H](O)COc1ccccc1. The van der Waals surface area contributed by atoms with Gasteiger partial charge in [-0.1, -0.05) is 54.6 Å². The van der Waals surface area contributed by atoms with Gasteiger partial charge in [0.1, 0.15) is 18.5 Å². The van der Waals surface area contributed by atoms with Gasteiger partial charge in [-0.2, -0.15) is 10.1 Å². The predicted molar refractivity (Wildman–Crippen MR) is 136 cm³/mol. The summed E-state index contributed by atoms with van der Waals surface area (Å²) in [5.74, 6) is 0.823. The Morgan fingerprint density at radius 3 is 2.57 bits per heavy atom. The van der Waals surface area contributed by atoms with E-state index in [1.165, 1.54) is 16.2 Å². The Labute approximate surface area is 200 Å². The molecule has 4 aromatic rings. The second kappa shape index (κ2) is 10.7. The third-order valence-corrected chi connectivity index (χ3v) is 5.23. The minimum atomic E-state index is -0.965. The molecule has 2 aromatic heterocycles. The van der Waals surface area contributed by atoms with E-state index in [9.17, 15) is 14.7 Å². The van der Waals surface area contributed by atoms with Gasteiger partial charge >= 0.3 is 5.69 Å². The second-order valence-electron chi connectivity index (χ2n) is 7.92. The number of allylic oxidation sites excluding steroid dienone is 1. The zero-order chi connectivity index (χ0) is 24.8. The summed E-state index contributed by atoms with van der Waals surface area (Å²) in [7, 11) is 1.51. The number of H-pyrrole nitrogens is 1. The third kappa shape index (κ3) is 5.74.